The molecule has 0 radical (unpaired) electrons. The molecule has 5 heteroatoms. The summed E-state index contributed by atoms with van der Waals surface area (Å²) in [5.74, 6) is 0.0566. The predicted molar refractivity (Wildman–Crippen MR) is 105 cm³/mol. The maximum absolute atomic E-state index is 12.7. The van der Waals surface area contributed by atoms with Crippen molar-refractivity contribution in [2.45, 2.75) is 24.5 Å². The summed E-state index contributed by atoms with van der Waals surface area (Å²) < 4.78 is 5.74. The number of likely N-dealkylation sites (tertiary alicyclic amines) is 1. The van der Waals surface area contributed by atoms with Crippen LogP contribution >= 0.6 is 0 Å². The van der Waals surface area contributed by atoms with Crippen LogP contribution in [0.2, 0.25) is 0 Å². The molecule has 1 saturated heterocycles. The van der Waals surface area contributed by atoms with Crippen molar-refractivity contribution in [2.75, 3.05) is 33.8 Å². The molecular formula is C22H26N2O3. The number of likely N-dealkylation sites (N-methyl/N-ethyl adjacent to an activating group) is 1. The van der Waals surface area contributed by atoms with Crippen molar-refractivity contribution in [3.8, 4) is 11.1 Å². The minimum atomic E-state index is -0.476. The summed E-state index contributed by atoms with van der Waals surface area (Å²) in [6, 6.07) is 16.6. The Labute approximate surface area is 160 Å². The van der Waals surface area contributed by atoms with Gasteiger partial charge in [-0.15, -0.1) is 0 Å². The van der Waals surface area contributed by atoms with Crippen molar-refractivity contribution in [2.24, 2.45) is 0 Å². The Kier molecular flexibility index (Phi) is 4.89. The highest BCUT2D eigenvalue weighted by molar-refractivity contribution is 5.79. The van der Waals surface area contributed by atoms with Crippen LogP contribution in [-0.4, -0.2) is 66.9 Å². The van der Waals surface area contributed by atoms with Gasteiger partial charge in [-0.3, -0.25) is 0 Å². The van der Waals surface area contributed by atoms with E-state index in [2.05, 4.69) is 24.3 Å². The van der Waals surface area contributed by atoms with Crippen LogP contribution in [0.4, 0.5) is 4.79 Å². The van der Waals surface area contributed by atoms with Crippen LogP contribution in [0.25, 0.3) is 11.1 Å². The molecule has 0 saturated carbocycles. The monoisotopic (exact) mass is 366 g/mol. The number of amides is 1. The molecule has 4 rings (SSSR count). The Balaban J connectivity index is 1.49. The summed E-state index contributed by atoms with van der Waals surface area (Å²) in [6.45, 7) is 1.38. The van der Waals surface area contributed by atoms with Crippen LogP contribution in [0.5, 0.6) is 0 Å². The average molecular weight is 366 g/mol. The fourth-order valence-corrected chi connectivity index (χ4v) is 4.39. The number of aliphatic hydroxyl groups is 1. The number of β-amino-alcohol motifs (C(OH)–C–C–N with tert-alkyl or cyclic N) is 1. The lowest BCUT2D eigenvalue weighted by molar-refractivity contribution is 0.0873. The first-order valence-electron chi connectivity index (χ1n) is 9.49. The van der Waals surface area contributed by atoms with E-state index < -0.39 is 6.10 Å². The highest BCUT2D eigenvalue weighted by atomic mass is 16.6. The van der Waals surface area contributed by atoms with Gasteiger partial charge in [-0.05, 0) is 42.8 Å². The quantitative estimate of drug-likeness (QED) is 0.904. The molecule has 0 bridgehead atoms. The fourth-order valence-electron chi connectivity index (χ4n) is 4.39. The van der Waals surface area contributed by atoms with Gasteiger partial charge in [0.1, 0.15) is 6.61 Å². The second-order valence-corrected chi connectivity index (χ2v) is 7.76. The third kappa shape index (κ3) is 3.45. The Morgan fingerprint density at radius 3 is 2.30 bits per heavy atom. The first kappa shape index (κ1) is 18.0. The Morgan fingerprint density at radius 2 is 1.70 bits per heavy atom. The predicted octanol–water partition coefficient (Wildman–Crippen LogP) is 2.93. The first-order chi connectivity index (χ1) is 13.0. The van der Waals surface area contributed by atoms with Crippen molar-refractivity contribution in [1.82, 2.24) is 9.80 Å². The summed E-state index contributed by atoms with van der Waals surface area (Å²) in [5, 5.41) is 10.0. The van der Waals surface area contributed by atoms with Gasteiger partial charge in [-0.25, -0.2) is 4.79 Å². The molecule has 0 unspecified atom stereocenters. The zero-order chi connectivity index (χ0) is 19.0. The molecule has 1 heterocycles. The number of carbonyl (C=O) groups is 1. The minimum absolute atomic E-state index is 0.00866. The van der Waals surface area contributed by atoms with Gasteiger partial charge >= 0.3 is 6.09 Å². The molecule has 0 aromatic heterocycles. The maximum atomic E-state index is 12.7. The topological polar surface area (TPSA) is 53.0 Å². The zero-order valence-corrected chi connectivity index (χ0v) is 15.8. The number of benzene rings is 2. The van der Waals surface area contributed by atoms with Crippen molar-refractivity contribution >= 4 is 6.09 Å². The van der Waals surface area contributed by atoms with Gasteiger partial charge in [0.25, 0.3) is 0 Å². The minimum Gasteiger partial charge on any atom is -0.448 e. The molecule has 2 aromatic carbocycles. The zero-order valence-electron chi connectivity index (χ0n) is 15.8. The van der Waals surface area contributed by atoms with Crippen LogP contribution in [0.15, 0.2) is 48.5 Å². The van der Waals surface area contributed by atoms with E-state index in [0.29, 0.717) is 19.6 Å². The van der Waals surface area contributed by atoms with Crippen molar-refractivity contribution in [3.05, 3.63) is 59.7 Å². The number of nitrogens with zero attached hydrogens (tertiary/aromatic N) is 2. The van der Waals surface area contributed by atoms with E-state index in [9.17, 15) is 9.90 Å². The lowest BCUT2D eigenvalue weighted by Gasteiger charge is -2.26. The van der Waals surface area contributed by atoms with E-state index in [1.807, 2.05) is 43.3 Å². The van der Waals surface area contributed by atoms with Gasteiger partial charge in [0.15, 0.2) is 0 Å². The Morgan fingerprint density at radius 1 is 1.11 bits per heavy atom. The van der Waals surface area contributed by atoms with Gasteiger partial charge in [0, 0.05) is 12.5 Å². The van der Waals surface area contributed by atoms with Crippen molar-refractivity contribution in [3.63, 3.8) is 0 Å². The summed E-state index contributed by atoms with van der Waals surface area (Å²) in [7, 11) is 3.95. The van der Waals surface area contributed by atoms with Crippen molar-refractivity contribution in [1.29, 1.82) is 0 Å². The van der Waals surface area contributed by atoms with Crippen LogP contribution in [-0.2, 0) is 4.74 Å². The van der Waals surface area contributed by atoms with E-state index in [1.165, 1.54) is 22.3 Å². The summed E-state index contributed by atoms with van der Waals surface area (Å²) >= 11 is 0. The molecule has 1 fully saturated rings. The standard InChI is InChI=1S/C22H26N2O3/c1-23(2)12-15-11-16(25)13-24(15)22(26)27-14-21-19-9-5-3-7-17(19)18-8-4-6-10-20(18)21/h3-10,15-16,21,25H,11-14H2,1-2H3/t15-,16-/m1/s1. The van der Waals surface area contributed by atoms with E-state index in [4.69, 9.17) is 4.74 Å². The van der Waals surface area contributed by atoms with Crippen LogP contribution in [0.3, 0.4) is 0 Å². The third-order valence-electron chi connectivity index (χ3n) is 5.54. The van der Waals surface area contributed by atoms with E-state index in [0.717, 1.165) is 6.54 Å². The highest BCUT2D eigenvalue weighted by Gasteiger charge is 2.36. The smallest absolute Gasteiger partial charge is 0.410 e. The summed E-state index contributed by atoms with van der Waals surface area (Å²) in [5.41, 5.74) is 4.85. The molecule has 0 spiro atoms. The first-order valence-corrected chi connectivity index (χ1v) is 9.49. The Hall–Kier alpha value is -2.37. The SMILES string of the molecule is CN(C)C[C@H]1C[C@@H](O)CN1C(=O)OCC1c2ccccc2-c2ccccc21. The van der Waals surface area contributed by atoms with E-state index >= 15 is 0 Å². The normalized spacial score (nSPS) is 21.4. The number of carbonyl (C=O) groups excluding carboxylic acids is 1. The van der Waals surface area contributed by atoms with Gasteiger partial charge in [-0.2, -0.15) is 0 Å². The largest absolute Gasteiger partial charge is 0.448 e. The number of hydrogen-bond acceptors (Lipinski definition) is 4. The van der Waals surface area contributed by atoms with Gasteiger partial charge in [-0.1, -0.05) is 48.5 Å². The second-order valence-electron chi connectivity index (χ2n) is 7.76. The highest BCUT2D eigenvalue weighted by Crippen LogP contribution is 2.44. The molecule has 1 N–H and O–H groups in total. The van der Waals surface area contributed by atoms with Gasteiger partial charge < -0.3 is 19.6 Å². The summed E-state index contributed by atoms with van der Waals surface area (Å²) in [6.07, 6.45) is -0.210. The lowest BCUT2D eigenvalue weighted by atomic mass is 9.98. The molecule has 2 aromatic rings. The number of aliphatic hydroxyl groups excluding tert-OH is 1. The molecular weight excluding hydrogens is 340 g/mol. The van der Waals surface area contributed by atoms with E-state index in [1.54, 1.807) is 4.90 Å². The number of hydrogen-bond donors (Lipinski definition) is 1. The average Bonchev–Trinajstić information content (AvgIpc) is 3.17. The van der Waals surface area contributed by atoms with Crippen LogP contribution < -0.4 is 0 Å². The number of ether oxygens (including phenoxy) is 1. The van der Waals surface area contributed by atoms with Gasteiger partial charge in [0.05, 0.1) is 18.7 Å². The van der Waals surface area contributed by atoms with Gasteiger partial charge in [0.2, 0.25) is 0 Å². The molecule has 1 amide bonds. The summed E-state index contributed by atoms with van der Waals surface area (Å²) in [4.78, 5) is 16.4. The Bertz CT molecular complexity index is 790. The molecule has 5 nitrogen and oxygen atoms in total. The molecule has 142 valence electrons. The maximum Gasteiger partial charge on any atom is 0.410 e. The van der Waals surface area contributed by atoms with Crippen LogP contribution in [0.1, 0.15) is 23.5 Å². The molecule has 1 aliphatic carbocycles. The second kappa shape index (κ2) is 7.33. The molecule has 1 aliphatic heterocycles. The molecule has 2 aliphatic rings. The number of fused-ring (bicyclic) bond motifs is 3. The van der Waals surface area contributed by atoms with Crippen molar-refractivity contribution < 1.29 is 14.6 Å². The molecule has 27 heavy (non-hydrogen) atoms. The van der Waals surface area contributed by atoms with Crippen LogP contribution in [0, 0.1) is 0 Å². The molecule has 2 atom stereocenters. The van der Waals surface area contributed by atoms with E-state index in [-0.39, 0.29) is 18.1 Å². The fraction of sp³-hybridized carbons (Fsp3) is 0.409. The lowest BCUT2D eigenvalue weighted by Crippen LogP contribution is -2.42. The number of rotatable bonds is 4. The third-order valence-corrected chi connectivity index (χ3v) is 5.54.